The molecule has 0 spiro atoms. The third kappa shape index (κ3) is 3.51. The molecule has 3 N–H and O–H groups in total. The maximum Gasteiger partial charge on any atom is 0.225 e. The van der Waals surface area contributed by atoms with Gasteiger partial charge in [-0.15, -0.1) is 5.10 Å². The van der Waals surface area contributed by atoms with E-state index in [1.54, 1.807) is 0 Å². The van der Waals surface area contributed by atoms with Crippen molar-refractivity contribution in [2.24, 2.45) is 0 Å². The van der Waals surface area contributed by atoms with E-state index in [1.165, 1.54) is 11.8 Å². The van der Waals surface area contributed by atoms with E-state index >= 15 is 0 Å². The number of nitrogens with zero attached hydrogens (tertiary/aromatic N) is 2. The first-order valence-electron chi connectivity index (χ1n) is 4.27. The smallest absolute Gasteiger partial charge is 0.225 e. The molecule has 0 saturated carbocycles. The summed E-state index contributed by atoms with van der Waals surface area (Å²) in [7, 11) is 0. The molecule has 0 amide bonds. The summed E-state index contributed by atoms with van der Waals surface area (Å²) < 4.78 is 0. The molecule has 5 nitrogen and oxygen atoms in total. The summed E-state index contributed by atoms with van der Waals surface area (Å²) in [5.74, 6) is 0.572. The van der Waals surface area contributed by atoms with Gasteiger partial charge in [-0.1, -0.05) is 18.7 Å². The van der Waals surface area contributed by atoms with Gasteiger partial charge in [0.2, 0.25) is 11.1 Å². The van der Waals surface area contributed by atoms with Crippen molar-refractivity contribution in [1.82, 2.24) is 20.5 Å². The van der Waals surface area contributed by atoms with Crippen LogP contribution in [-0.4, -0.2) is 33.1 Å². The molecule has 0 aliphatic heterocycles. The minimum Gasteiger partial charge on any atom is -0.362 e. The SMILES string of the molecule is CCCNC(=S)Nc1nc(SC)n[nH]1. The fourth-order valence-corrected chi connectivity index (χ4v) is 1.30. The predicted molar refractivity (Wildman–Crippen MR) is 62.7 cm³/mol. The van der Waals surface area contributed by atoms with Gasteiger partial charge in [-0.2, -0.15) is 4.98 Å². The zero-order valence-electron chi connectivity index (χ0n) is 8.13. The second kappa shape index (κ2) is 5.82. The molecule has 0 fully saturated rings. The third-order valence-corrected chi connectivity index (χ3v) is 2.21. The summed E-state index contributed by atoms with van der Waals surface area (Å²) in [6.07, 6.45) is 2.95. The average molecular weight is 231 g/mol. The van der Waals surface area contributed by atoms with Crippen LogP contribution in [0.4, 0.5) is 5.95 Å². The Labute approximate surface area is 92.5 Å². The first-order chi connectivity index (χ1) is 6.76. The van der Waals surface area contributed by atoms with Crippen molar-refractivity contribution in [1.29, 1.82) is 0 Å². The van der Waals surface area contributed by atoms with Gasteiger partial charge < -0.3 is 10.6 Å². The van der Waals surface area contributed by atoms with Crippen LogP contribution in [0, 0.1) is 0 Å². The Kier molecular flexibility index (Phi) is 4.68. The number of aromatic amines is 1. The Hall–Kier alpha value is -0.820. The lowest BCUT2D eigenvalue weighted by Gasteiger charge is -2.05. The van der Waals surface area contributed by atoms with Crippen molar-refractivity contribution in [3.8, 4) is 0 Å². The number of hydrogen-bond donors (Lipinski definition) is 3. The van der Waals surface area contributed by atoms with Crippen LogP contribution < -0.4 is 10.6 Å². The molecule has 1 rings (SSSR count). The molecule has 0 radical (unpaired) electrons. The molecule has 0 aliphatic rings. The number of nitrogens with one attached hydrogen (secondary N) is 3. The fraction of sp³-hybridized carbons (Fsp3) is 0.571. The van der Waals surface area contributed by atoms with Crippen LogP contribution in [0.25, 0.3) is 0 Å². The summed E-state index contributed by atoms with van der Waals surface area (Å²) in [6, 6.07) is 0. The molecule has 78 valence electrons. The van der Waals surface area contributed by atoms with Gasteiger partial charge in [0.1, 0.15) is 0 Å². The Morgan fingerprint density at radius 3 is 3.00 bits per heavy atom. The summed E-state index contributed by atoms with van der Waals surface area (Å²) in [4.78, 5) is 4.13. The highest BCUT2D eigenvalue weighted by molar-refractivity contribution is 7.98. The van der Waals surface area contributed by atoms with Crippen molar-refractivity contribution in [3.05, 3.63) is 0 Å². The predicted octanol–water partition coefficient (Wildman–Crippen LogP) is 1.22. The summed E-state index contributed by atoms with van der Waals surface area (Å²) in [5, 5.41) is 13.9. The molecule has 0 aromatic carbocycles. The van der Waals surface area contributed by atoms with Gasteiger partial charge in [0, 0.05) is 6.54 Å². The van der Waals surface area contributed by atoms with E-state index in [9.17, 15) is 0 Å². The lowest BCUT2D eigenvalue weighted by atomic mass is 10.5. The van der Waals surface area contributed by atoms with Gasteiger partial charge in [0.15, 0.2) is 5.11 Å². The van der Waals surface area contributed by atoms with Crippen molar-refractivity contribution >= 4 is 35.0 Å². The summed E-state index contributed by atoms with van der Waals surface area (Å²) >= 11 is 6.51. The first-order valence-corrected chi connectivity index (χ1v) is 5.90. The van der Waals surface area contributed by atoms with E-state index in [4.69, 9.17) is 12.2 Å². The molecule has 0 bridgehead atoms. The molecule has 0 saturated heterocycles. The van der Waals surface area contributed by atoms with Crippen LogP contribution >= 0.6 is 24.0 Å². The zero-order chi connectivity index (χ0) is 10.4. The maximum atomic E-state index is 5.03. The van der Waals surface area contributed by atoms with Gasteiger partial charge in [-0.05, 0) is 24.9 Å². The second-order valence-electron chi connectivity index (χ2n) is 2.55. The van der Waals surface area contributed by atoms with E-state index in [0.29, 0.717) is 16.2 Å². The highest BCUT2D eigenvalue weighted by Gasteiger charge is 2.02. The minimum atomic E-state index is 0.565. The molecule has 1 aromatic heterocycles. The van der Waals surface area contributed by atoms with Gasteiger partial charge >= 0.3 is 0 Å². The Bertz CT molecular complexity index is 298. The Balaban J connectivity index is 2.39. The normalized spacial score (nSPS) is 9.86. The summed E-state index contributed by atoms with van der Waals surface area (Å²) in [5.41, 5.74) is 0. The van der Waals surface area contributed by atoms with E-state index < -0.39 is 0 Å². The van der Waals surface area contributed by atoms with Gasteiger partial charge in [0.25, 0.3) is 0 Å². The maximum absolute atomic E-state index is 5.03. The van der Waals surface area contributed by atoms with E-state index in [2.05, 4.69) is 32.7 Å². The van der Waals surface area contributed by atoms with Gasteiger partial charge in [0.05, 0.1) is 0 Å². The number of anilines is 1. The number of aromatic nitrogens is 3. The molecule has 14 heavy (non-hydrogen) atoms. The van der Waals surface area contributed by atoms with Crippen LogP contribution in [0.1, 0.15) is 13.3 Å². The minimum absolute atomic E-state index is 0.565. The monoisotopic (exact) mass is 231 g/mol. The van der Waals surface area contributed by atoms with Crippen LogP contribution in [0.5, 0.6) is 0 Å². The number of rotatable bonds is 4. The number of thiocarbonyl (C=S) groups is 1. The molecule has 1 aromatic rings. The second-order valence-corrected chi connectivity index (χ2v) is 3.73. The molecule has 0 unspecified atom stereocenters. The zero-order valence-corrected chi connectivity index (χ0v) is 9.76. The van der Waals surface area contributed by atoms with Crippen molar-refractivity contribution in [2.45, 2.75) is 18.5 Å². The molecular weight excluding hydrogens is 218 g/mol. The molecular formula is C7H13N5S2. The molecule has 0 atom stereocenters. The van der Waals surface area contributed by atoms with Crippen molar-refractivity contribution < 1.29 is 0 Å². The number of hydrogen-bond acceptors (Lipinski definition) is 4. The fourth-order valence-electron chi connectivity index (χ4n) is 0.784. The van der Waals surface area contributed by atoms with E-state index in [-0.39, 0.29) is 0 Å². The standard InChI is InChI=1S/C7H13N5S2/c1-3-4-8-6(13)9-5-10-7(14-2)12-11-5/h3-4H2,1-2H3,(H3,8,9,10,11,12,13). The molecule has 7 heteroatoms. The van der Waals surface area contributed by atoms with Gasteiger partial charge in [-0.25, -0.2) is 5.10 Å². The van der Waals surface area contributed by atoms with Crippen LogP contribution in [-0.2, 0) is 0 Å². The van der Waals surface area contributed by atoms with Crippen molar-refractivity contribution in [3.63, 3.8) is 0 Å². The lowest BCUT2D eigenvalue weighted by molar-refractivity contribution is 0.845. The highest BCUT2D eigenvalue weighted by Crippen LogP contribution is 2.08. The first kappa shape index (κ1) is 11.3. The highest BCUT2D eigenvalue weighted by atomic mass is 32.2. The topological polar surface area (TPSA) is 65.6 Å². The average Bonchev–Trinajstić information content (AvgIpc) is 2.62. The molecule has 0 aliphatic carbocycles. The van der Waals surface area contributed by atoms with Crippen LogP contribution in [0.2, 0.25) is 0 Å². The Morgan fingerprint density at radius 2 is 2.43 bits per heavy atom. The van der Waals surface area contributed by atoms with Gasteiger partial charge in [-0.3, -0.25) is 0 Å². The Morgan fingerprint density at radius 1 is 1.64 bits per heavy atom. The van der Waals surface area contributed by atoms with E-state index in [1.807, 2.05) is 6.26 Å². The molecule has 1 heterocycles. The quantitative estimate of drug-likeness (QED) is 0.535. The van der Waals surface area contributed by atoms with Crippen molar-refractivity contribution in [2.75, 3.05) is 18.1 Å². The van der Waals surface area contributed by atoms with Crippen LogP contribution in [0.3, 0.4) is 0 Å². The lowest BCUT2D eigenvalue weighted by Crippen LogP contribution is -2.29. The largest absolute Gasteiger partial charge is 0.362 e. The van der Waals surface area contributed by atoms with Crippen LogP contribution in [0.15, 0.2) is 5.16 Å². The number of H-pyrrole nitrogens is 1. The summed E-state index contributed by atoms with van der Waals surface area (Å²) in [6.45, 7) is 2.94. The van der Waals surface area contributed by atoms with E-state index in [0.717, 1.165) is 13.0 Å². The number of thioether (sulfide) groups is 1. The third-order valence-electron chi connectivity index (χ3n) is 1.41.